The van der Waals surface area contributed by atoms with Crippen LogP contribution in [0.25, 0.3) is 0 Å². The van der Waals surface area contributed by atoms with Crippen LogP contribution in [0, 0.1) is 0 Å². The van der Waals surface area contributed by atoms with E-state index in [1.54, 1.807) is 24.3 Å². The van der Waals surface area contributed by atoms with Crippen LogP contribution in [0.1, 0.15) is 26.2 Å². The minimum Gasteiger partial charge on any atom is -0.494 e. The maximum atomic E-state index is 12.5. The van der Waals surface area contributed by atoms with Crippen molar-refractivity contribution in [3.63, 3.8) is 0 Å². The molecular weight excluding hydrogens is 469 g/mol. The quantitative estimate of drug-likeness (QED) is 0.455. The molecule has 176 valence electrons. The molecule has 0 saturated carbocycles. The van der Waals surface area contributed by atoms with E-state index in [-0.39, 0.29) is 4.90 Å². The number of halogens is 2. The first-order chi connectivity index (χ1) is 15.4. The Hall–Kier alpha value is -1.51. The molecule has 0 spiro atoms. The van der Waals surface area contributed by atoms with Crippen LogP contribution in [0.2, 0.25) is 10.0 Å². The van der Waals surface area contributed by atoms with Crippen LogP contribution in [0.15, 0.2) is 47.4 Å². The van der Waals surface area contributed by atoms with Gasteiger partial charge in [0.25, 0.3) is 0 Å². The van der Waals surface area contributed by atoms with Crippen molar-refractivity contribution in [2.45, 2.75) is 31.1 Å². The van der Waals surface area contributed by atoms with Crippen LogP contribution in [-0.2, 0) is 10.0 Å². The molecule has 1 fully saturated rings. The Morgan fingerprint density at radius 2 is 1.69 bits per heavy atom. The molecule has 32 heavy (non-hydrogen) atoms. The first-order valence-electron chi connectivity index (χ1n) is 11.0. The van der Waals surface area contributed by atoms with Gasteiger partial charge in [0, 0.05) is 38.4 Å². The molecule has 0 unspecified atom stereocenters. The summed E-state index contributed by atoms with van der Waals surface area (Å²) in [5.41, 5.74) is 1.08. The van der Waals surface area contributed by atoms with E-state index in [0.717, 1.165) is 57.7 Å². The average molecular weight is 500 g/mol. The van der Waals surface area contributed by atoms with Crippen molar-refractivity contribution in [1.29, 1.82) is 0 Å². The van der Waals surface area contributed by atoms with Gasteiger partial charge in [0.15, 0.2) is 0 Å². The highest BCUT2D eigenvalue weighted by atomic mass is 35.5. The molecule has 0 bridgehead atoms. The smallest absolute Gasteiger partial charge is 0.240 e. The topological polar surface area (TPSA) is 61.9 Å². The van der Waals surface area contributed by atoms with Gasteiger partial charge in [0.05, 0.1) is 21.5 Å². The zero-order valence-electron chi connectivity index (χ0n) is 18.4. The van der Waals surface area contributed by atoms with Gasteiger partial charge in [-0.15, -0.1) is 0 Å². The van der Waals surface area contributed by atoms with Gasteiger partial charge in [-0.2, -0.15) is 0 Å². The lowest BCUT2D eigenvalue weighted by Crippen LogP contribution is -2.47. The predicted octanol–water partition coefficient (Wildman–Crippen LogP) is 4.66. The van der Waals surface area contributed by atoms with E-state index < -0.39 is 10.0 Å². The van der Waals surface area contributed by atoms with E-state index in [2.05, 4.69) is 21.4 Å². The summed E-state index contributed by atoms with van der Waals surface area (Å²) in [6.45, 7) is 7.64. The van der Waals surface area contributed by atoms with Crippen LogP contribution in [0.4, 0.5) is 5.69 Å². The number of hydrogen-bond acceptors (Lipinski definition) is 5. The fraction of sp³-hybridized carbons (Fsp3) is 0.478. The van der Waals surface area contributed by atoms with Crippen LogP contribution in [-0.4, -0.2) is 59.2 Å². The first kappa shape index (κ1) is 25.1. The van der Waals surface area contributed by atoms with Crippen LogP contribution in [0.3, 0.4) is 0 Å². The summed E-state index contributed by atoms with van der Waals surface area (Å²) in [5.74, 6) is 0.692. The van der Waals surface area contributed by atoms with E-state index in [4.69, 9.17) is 27.9 Å². The summed E-state index contributed by atoms with van der Waals surface area (Å²) < 4.78 is 33.3. The Morgan fingerprint density at radius 3 is 2.34 bits per heavy atom. The molecule has 3 rings (SSSR count). The third kappa shape index (κ3) is 7.25. The van der Waals surface area contributed by atoms with Gasteiger partial charge in [-0.25, -0.2) is 13.1 Å². The predicted molar refractivity (Wildman–Crippen MR) is 132 cm³/mol. The standard InChI is InChI=1S/C23H31Cl2N3O3S/c1-2-3-17-31-20-6-8-21(9-7-20)32(29,30)26-11-4-12-27-13-15-28(16-14-27)19-5-10-22(24)23(25)18-19/h5-10,18,26H,2-4,11-17H2,1H3. The molecule has 0 aliphatic carbocycles. The maximum Gasteiger partial charge on any atom is 0.240 e. The molecule has 2 aromatic carbocycles. The molecule has 0 amide bonds. The summed E-state index contributed by atoms with van der Waals surface area (Å²) in [7, 11) is -3.51. The van der Waals surface area contributed by atoms with Crippen molar-refractivity contribution in [3.05, 3.63) is 52.5 Å². The molecule has 9 heteroatoms. The molecular formula is C23H31Cl2N3O3S. The fourth-order valence-corrected chi connectivity index (χ4v) is 4.92. The normalized spacial score (nSPS) is 15.2. The van der Waals surface area contributed by atoms with Gasteiger partial charge in [0.1, 0.15) is 5.75 Å². The zero-order valence-corrected chi connectivity index (χ0v) is 20.7. The molecule has 0 radical (unpaired) electrons. The number of anilines is 1. The summed E-state index contributed by atoms with van der Waals surface area (Å²) in [6.07, 6.45) is 2.79. The Morgan fingerprint density at radius 1 is 0.969 bits per heavy atom. The van der Waals surface area contributed by atoms with Gasteiger partial charge in [-0.1, -0.05) is 36.5 Å². The molecule has 1 aliphatic rings. The van der Waals surface area contributed by atoms with Crippen molar-refractivity contribution in [3.8, 4) is 5.75 Å². The Balaban J connectivity index is 1.38. The SMILES string of the molecule is CCCCOc1ccc(S(=O)(=O)NCCCN2CCN(c3ccc(Cl)c(Cl)c3)CC2)cc1. The van der Waals surface area contributed by atoms with Crippen molar-refractivity contribution in [2.24, 2.45) is 0 Å². The molecule has 1 saturated heterocycles. The monoisotopic (exact) mass is 499 g/mol. The van der Waals surface area contributed by atoms with E-state index in [0.29, 0.717) is 28.9 Å². The van der Waals surface area contributed by atoms with Crippen LogP contribution in [0.5, 0.6) is 5.75 Å². The largest absolute Gasteiger partial charge is 0.494 e. The molecule has 0 aromatic heterocycles. The van der Waals surface area contributed by atoms with E-state index >= 15 is 0 Å². The summed E-state index contributed by atoms with van der Waals surface area (Å²) in [4.78, 5) is 4.90. The molecule has 1 N–H and O–H groups in total. The second kappa shape index (κ2) is 12.1. The number of hydrogen-bond donors (Lipinski definition) is 1. The van der Waals surface area contributed by atoms with Gasteiger partial charge in [-0.3, -0.25) is 4.90 Å². The van der Waals surface area contributed by atoms with Crippen molar-refractivity contribution >= 4 is 38.9 Å². The highest BCUT2D eigenvalue weighted by Gasteiger charge is 2.18. The lowest BCUT2D eigenvalue weighted by atomic mass is 10.2. The minimum atomic E-state index is -3.51. The Bertz CT molecular complexity index is 963. The number of benzene rings is 2. The van der Waals surface area contributed by atoms with Crippen LogP contribution < -0.4 is 14.4 Å². The zero-order chi connectivity index (χ0) is 23.0. The van der Waals surface area contributed by atoms with Crippen molar-refractivity contribution in [1.82, 2.24) is 9.62 Å². The number of unbranched alkanes of at least 4 members (excludes halogenated alkanes) is 1. The van der Waals surface area contributed by atoms with Crippen LogP contribution >= 0.6 is 23.2 Å². The van der Waals surface area contributed by atoms with Gasteiger partial charge in [-0.05, 0) is 61.9 Å². The van der Waals surface area contributed by atoms with Gasteiger partial charge < -0.3 is 9.64 Å². The lowest BCUT2D eigenvalue weighted by molar-refractivity contribution is 0.255. The first-order valence-corrected chi connectivity index (χ1v) is 13.3. The maximum absolute atomic E-state index is 12.5. The number of rotatable bonds is 11. The summed E-state index contributed by atoms with van der Waals surface area (Å²) >= 11 is 12.1. The highest BCUT2D eigenvalue weighted by molar-refractivity contribution is 7.89. The average Bonchev–Trinajstić information content (AvgIpc) is 2.79. The molecule has 6 nitrogen and oxygen atoms in total. The minimum absolute atomic E-state index is 0.260. The summed E-state index contributed by atoms with van der Waals surface area (Å²) in [5, 5.41) is 1.13. The fourth-order valence-electron chi connectivity index (χ4n) is 3.55. The summed E-state index contributed by atoms with van der Waals surface area (Å²) in [6, 6.07) is 12.3. The molecule has 2 aromatic rings. The number of ether oxygens (including phenoxy) is 1. The van der Waals surface area contributed by atoms with E-state index in [1.807, 2.05) is 18.2 Å². The van der Waals surface area contributed by atoms with Gasteiger partial charge in [0.2, 0.25) is 10.0 Å². The Kier molecular flexibility index (Phi) is 9.49. The number of nitrogens with one attached hydrogen (secondary N) is 1. The molecule has 0 atom stereocenters. The molecule has 1 heterocycles. The lowest BCUT2D eigenvalue weighted by Gasteiger charge is -2.36. The van der Waals surface area contributed by atoms with Gasteiger partial charge >= 0.3 is 0 Å². The number of nitrogens with zero attached hydrogens (tertiary/aromatic N) is 2. The highest BCUT2D eigenvalue weighted by Crippen LogP contribution is 2.27. The second-order valence-corrected chi connectivity index (χ2v) is 10.4. The number of sulfonamides is 1. The molecule has 1 aliphatic heterocycles. The van der Waals surface area contributed by atoms with Crippen molar-refractivity contribution in [2.75, 3.05) is 50.8 Å². The second-order valence-electron chi connectivity index (χ2n) is 7.85. The third-order valence-electron chi connectivity index (χ3n) is 5.48. The number of piperazine rings is 1. The van der Waals surface area contributed by atoms with Crippen molar-refractivity contribution < 1.29 is 13.2 Å². The Labute approximate surface area is 201 Å². The van der Waals surface area contributed by atoms with E-state index in [9.17, 15) is 8.42 Å². The van der Waals surface area contributed by atoms with E-state index in [1.165, 1.54) is 0 Å². The third-order valence-corrected chi connectivity index (χ3v) is 7.70.